The lowest BCUT2D eigenvalue weighted by atomic mass is 10.1. The van der Waals surface area contributed by atoms with Crippen LogP contribution in [0.2, 0.25) is 0 Å². The van der Waals surface area contributed by atoms with Crippen molar-refractivity contribution in [3.05, 3.63) is 0 Å². The first-order valence-corrected chi connectivity index (χ1v) is 8.08. The molecule has 3 N–H and O–H groups in total. The smallest absolute Gasteiger partial charge is 0.418 e. The molecular weight excluding hydrogens is 269 g/mol. The Kier molecular flexibility index (Phi) is 18.5. The second-order valence-electron chi connectivity index (χ2n) is 5.24. The zero-order chi connectivity index (χ0) is 15.7. The molecule has 0 aliphatic rings. The van der Waals surface area contributed by atoms with E-state index in [2.05, 4.69) is 12.7 Å². The summed E-state index contributed by atoms with van der Waals surface area (Å²) in [6.45, 7) is 3.41. The SMILES string of the molecule is CCCCCCCCCCCCCC[NH3+].F[B-](F)(F)F. The quantitative estimate of drug-likeness (QED) is 0.290. The molecule has 0 radical (unpaired) electrons. The number of halogens is 4. The Morgan fingerprint density at radius 3 is 1.10 bits per heavy atom. The van der Waals surface area contributed by atoms with Gasteiger partial charge in [-0.1, -0.05) is 71.1 Å². The van der Waals surface area contributed by atoms with Crippen LogP contribution in [0.15, 0.2) is 0 Å². The van der Waals surface area contributed by atoms with Crippen molar-refractivity contribution in [1.29, 1.82) is 0 Å². The lowest BCUT2D eigenvalue weighted by Crippen LogP contribution is -2.50. The van der Waals surface area contributed by atoms with Gasteiger partial charge in [-0.2, -0.15) is 0 Å². The van der Waals surface area contributed by atoms with E-state index in [-0.39, 0.29) is 0 Å². The van der Waals surface area contributed by atoms with Crippen molar-refractivity contribution in [3.8, 4) is 0 Å². The Labute approximate surface area is 121 Å². The summed E-state index contributed by atoms with van der Waals surface area (Å²) >= 11 is 0. The molecule has 0 aliphatic carbocycles. The van der Waals surface area contributed by atoms with Crippen molar-refractivity contribution >= 4 is 7.25 Å². The fourth-order valence-corrected chi connectivity index (χ4v) is 2.02. The van der Waals surface area contributed by atoms with E-state index in [0.717, 1.165) is 6.54 Å². The highest BCUT2D eigenvalue weighted by Crippen LogP contribution is 2.11. The Hall–Kier alpha value is -0.255. The molecule has 124 valence electrons. The minimum Gasteiger partial charge on any atom is -0.418 e. The average Bonchev–Trinajstić information content (AvgIpc) is 2.34. The second kappa shape index (κ2) is 16.8. The fraction of sp³-hybridized carbons (Fsp3) is 1.00. The predicted molar refractivity (Wildman–Crippen MR) is 79.0 cm³/mol. The van der Waals surface area contributed by atoms with Crippen LogP contribution in [0.3, 0.4) is 0 Å². The molecule has 1 nitrogen and oxygen atoms in total. The standard InChI is InChI=1S/C14H31N.BF4/c1-2-3-4-5-6-7-8-9-10-11-12-13-14-15;2-1(3,4)5/h2-15H2,1H3;/q;-1/p+1. The van der Waals surface area contributed by atoms with Crippen LogP contribution in [-0.2, 0) is 0 Å². The Morgan fingerprint density at radius 2 is 0.850 bits per heavy atom. The summed E-state index contributed by atoms with van der Waals surface area (Å²) in [5.74, 6) is 0. The molecule has 0 atom stereocenters. The van der Waals surface area contributed by atoms with E-state index in [1.54, 1.807) is 0 Å². The monoisotopic (exact) mass is 301 g/mol. The predicted octanol–water partition coefficient (Wildman–Crippen LogP) is 5.23. The maximum absolute atomic E-state index is 9.75. The molecule has 0 aromatic rings. The minimum atomic E-state index is -6.00. The van der Waals surface area contributed by atoms with Gasteiger partial charge in [0.25, 0.3) is 0 Å². The first-order chi connectivity index (χ1) is 9.41. The molecule has 0 saturated heterocycles. The van der Waals surface area contributed by atoms with Gasteiger partial charge in [-0.15, -0.1) is 0 Å². The van der Waals surface area contributed by atoms with E-state index in [0.29, 0.717) is 0 Å². The van der Waals surface area contributed by atoms with E-state index >= 15 is 0 Å². The maximum Gasteiger partial charge on any atom is 0.673 e. The summed E-state index contributed by atoms with van der Waals surface area (Å²) in [4.78, 5) is 0. The molecule has 0 heterocycles. The minimum absolute atomic E-state index is 1.12. The molecule has 0 spiro atoms. The topological polar surface area (TPSA) is 27.6 Å². The molecule has 0 aromatic heterocycles. The van der Waals surface area contributed by atoms with Crippen LogP contribution in [0.25, 0.3) is 0 Å². The summed E-state index contributed by atoms with van der Waals surface area (Å²) in [5, 5.41) is 0. The van der Waals surface area contributed by atoms with Gasteiger partial charge in [-0.25, -0.2) is 0 Å². The van der Waals surface area contributed by atoms with E-state index in [9.17, 15) is 17.3 Å². The van der Waals surface area contributed by atoms with Gasteiger partial charge in [-0.05, 0) is 12.8 Å². The van der Waals surface area contributed by atoms with Crippen molar-refractivity contribution < 1.29 is 23.0 Å². The van der Waals surface area contributed by atoms with E-state index in [1.165, 1.54) is 77.0 Å². The molecule has 0 rings (SSSR count). The van der Waals surface area contributed by atoms with E-state index < -0.39 is 7.25 Å². The van der Waals surface area contributed by atoms with Gasteiger partial charge >= 0.3 is 7.25 Å². The number of rotatable bonds is 12. The molecular formula is C14H32BF4N. The van der Waals surface area contributed by atoms with Crippen molar-refractivity contribution in [2.24, 2.45) is 0 Å². The third-order valence-electron chi connectivity index (χ3n) is 3.10. The zero-order valence-corrected chi connectivity index (χ0v) is 13.0. The van der Waals surface area contributed by atoms with Gasteiger partial charge in [0.05, 0.1) is 6.54 Å². The normalized spacial score (nSPS) is 11.1. The van der Waals surface area contributed by atoms with Crippen molar-refractivity contribution in [3.63, 3.8) is 0 Å². The second-order valence-corrected chi connectivity index (χ2v) is 5.24. The third kappa shape index (κ3) is 36.1. The molecule has 6 heteroatoms. The summed E-state index contributed by atoms with van der Waals surface area (Å²) in [6, 6.07) is 0. The van der Waals surface area contributed by atoms with Crippen molar-refractivity contribution in [1.82, 2.24) is 0 Å². The first kappa shape index (κ1) is 22.0. The van der Waals surface area contributed by atoms with Crippen LogP contribution in [0.5, 0.6) is 0 Å². The van der Waals surface area contributed by atoms with Gasteiger partial charge in [0.15, 0.2) is 0 Å². The first-order valence-electron chi connectivity index (χ1n) is 8.08. The van der Waals surface area contributed by atoms with Gasteiger partial charge in [0.2, 0.25) is 0 Å². The highest BCUT2D eigenvalue weighted by atomic mass is 19.5. The van der Waals surface area contributed by atoms with Crippen LogP contribution in [0, 0.1) is 0 Å². The molecule has 0 aromatic carbocycles. The lowest BCUT2D eigenvalue weighted by Gasteiger charge is -2.01. The summed E-state index contributed by atoms with van der Waals surface area (Å²) < 4.78 is 39.0. The number of unbranched alkanes of at least 4 members (excludes halogenated alkanes) is 11. The Morgan fingerprint density at radius 1 is 0.600 bits per heavy atom. The van der Waals surface area contributed by atoms with Crippen molar-refractivity contribution in [2.75, 3.05) is 6.54 Å². The highest BCUT2D eigenvalue weighted by Gasteiger charge is 2.20. The summed E-state index contributed by atoms with van der Waals surface area (Å²) in [7, 11) is -6.00. The van der Waals surface area contributed by atoms with Crippen molar-refractivity contribution in [2.45, 2.75) is 84.0 Å². The van der Waals surface area contributed by atoms with Crippen LogP contribution in [0.1, 0.15) is 84.0 Å². The maximum atomic E-state index is 9.75. The average molecular weight is 301 g/mol. The van der Waals surface area contributed by atoms with Crippen LogP contribution in [0.4, 0.5) is 17.3 Å². The molecule has 0 bridgehead atoms. The zero-order valence-electron chi connectivity index (χ0n) is 13.0. The van der Waals surface area contributed by atoms with Gasteiger partial charge in [0.1, 0.15) is 0 Å². The Balaban J connectivity index is 0. The molecule has 0 unspecified atom stereocenters. The van der Waals surface area contributed by atoms with E-state index in [4.69, 9.17) is 0 Å². The Bertz CT molecular complexity index is 159. The third-order valence-corrected chi connectivity index (χ3v) is 3.10. The summed E-state index contributed by atoms with van der Waals surface area (Å²) in [5.41, 5.74) is 3.87. The molecule has 0 saturated carbocycles. The number of quaternary nitrogens is 1. The van der Waals surface area contributed by atoms with Gasteiger partial charge < -0.3 is 23.0 Å². The van der Waals surface area contributed by atoms with E-state index in [1.807, 2.05) is 0 Å². The molecule has 0 fully saturated rings. The van der Waals surface area contributed by atoms with Crippen LogP contribution >= 0.6 is 0 Å². The van der Waals surface area contributed by atoms with Crippen LogP contribution in [-0.4, -0.2) is 13.8 Å². The largest absolute Gasteiger partial charge is 0.673 e. The number of hydrogen-bond donors (Lipinski definition) is 1. The summed E-state index contributed by atoms with van der Waals surface area (Å²) in [6.07, 6.45) is 17.2. The number of hydrogen-bond acceptors (Lipinski definition) is 0. The molecule has 20 heavy (non-hydrogen) atoms. The van der Waals surface area contributed by atoms with Gasteiger partial charge in [-0.3, -0.25) is 0 Å². The molecule has 0 amide bonds. The fourth-order valence-electron chi connectivity index (χ4n) is 2.02. The van der Waals surface area contributed by atoms with Gasteiger partial charge in [0, 0.05) is 0 Å². The lowest BCUT2D eigenvalue weighted by molar-refractivity contribution is -0.368. The van der Waals surface area contributed by atoms with Crippen LogP contribution < -0.4 is 5.73 Å². The molecule has 0 aliphatic heterocycles. The highest BCUT2D eigenvalue weighted by molar-refractivity contribution is 6.50.